The van der Waals surface area contributed by atoms with Crippen molar-refractivity contribution in [3.8, 4) is 0 Å². The van der Waals surface area contributed by atoms with Crippen molar-refractivity contribution in [2.24, 2.45) is 10.7 Å². The molecular formula is C11H16ClN3O2. The van der Waals surface area contributed by atoms with Crippen LogP contribution in [0.5, 0.6) is 0 Å². The molecule has 17 heavy (non-hydrogen) atoms. The third kappa shape index (κ3) is 6.42. The second-order valence-corrected chi connectivity index (χ2v) is 3.48. The van der Waals surface area contributed by atoms with E-state index < -0.39 is 6.03 Å². The van der Waals surface area contributed by atoms with Crippen LogP contribution in [0, 0.1) is 0 Å². The van der Waals surface area contributed by atoms with Crippen molar-refractivity contribution in [1.82, 2.24) is 5.32 Å². The molecule has 0 radical (unpaired) electrons. The number of carbonyl (C=O) groups excluding carboxylic acids is 1. The number of furan rings is 1. The molecule has 0 fully saturated rings. The van der Waals surface area contributed by atoms with Crippen molar-refractivity contribution < 1.29 is 9.21 Å². The number of urea groups is 1. The number of hydrogen-bond acceptors (Lipinski definition) is 2. The largest absolute Gasteiger partial charge is 0.465 e. The summed E-state index contributed by atoms with van der Waals surface area (Å²) >= 11 is 0. The molecular weight excluding hydrogens is 242 g/mol. The van der Waals surface area contributed by atoms with Gasteiger partial charge in [-0.1, -0.05) is 0 Å². The molecule has 94 valence electrons. The van der Waals surface area contributed by atoms with Crippen LogP contribution in [0.1, 0.15) is 19.6 Å². The first-order chi connectivity index (χ1) is 7.58. The Labute approximate surface area is 106 Å². The molecule has 1 aromatic heterocycles. The molecule has 0 saturated carbocycles. The molecule has 0 aromatic carbocycles. The van der Waals surface area contributed by atoms with Crippen molar-refractivity contribution in [3.05, 3.63) is 30.2 Å². The first-order valence-corrected chi connectivity index (χ1v) is 4.94. The SMILES string of the molecule is CC(C)NC(/C=C/c1ccco1)=N/C(N)=O.Cl. The number of nitrogens with two attached hydrogens (primary N) is 1. The molecule has 2 amide bonds. The van der Waals surface area contributed by atoms with Crippen molar-refractivity contribution in [1.29, 1.82) is 0 Å². The topological polar surface area (TPSA) is 80.6 Å². The van der Waals surface area contributed by atoms with E-state index in [0.29, 0.717) is 11.6 Å². The Kier molecular flexibility index (Phi) is 6.74. The summed E-state index contributed by atoms with van der Waals surface area (Å²) in [6.07, 6.45) is 4.92. The zero-order valence-electron chi connectivity index (χ0n) is 9.71. The molecule has 0 unspecified atom stereocenters. The number of carbonyl (C=O) groups is 1. The van der Waals surface area contributed by atoms with Gasteiger partial charge in [-0.3, -0.25) is 0 Å². The predicted molar refractivity (Wildman–Crippen MR) is 70.3 cm³/mol. The number of amides is 2. The van der Waals surface area contributed by atoms with Gasteiger partial charge in [0.1, 0.15) is 11.6 Å². The molecule has 0 spiro atoms. The summed E-state index contributed by atoms with van der Waals surface area (Å²) in [7, 11) is 0. The Morgan fingerprint density at radius 1 is 1.59 bits per heavy atom. The zero-order valence-corrected chi connectivity index (χ0v) is 10.5. The fraction of sp³-hybridized carbons (Fsp3) is 0.273. The molecule has 0 aliphatic carbocycles. The third-order valence-corrected chi connectivity index (χ3v) is 1.62. The van der Waals surface area contributed by atoms with Gasteiger partial charge in [-0.05, 0) is 38.1 Å². The fourth-order valence-corrected chi connectivity index (χ4v) is 1.08. The van der Waals surface area contributed by atoms with E-state index in [9.17, 15) is 4.79 Å². The normalized spacial score (nSPS) is 11.6. The highest BCUT2D eigenvalue weighted by Gasteiger charge is 1.99. The molecule has 3 N–H and O–H groups in total. The van der Waals surface area contributed by atoms with Gasteiger partial charge in [0.15, 0.2) is 0 Å². The highest BCUT2D eigenvalue weighted by Crippen LogP contribution is 2.02. The number of nitrogens with zero attached hydrogens (tertiary/aromatic N) is 1. The van der Waals surface area contributed by atoms with Crippen LogP contribution in [0.15, 0.2) is 33.9 Å². The molecule has 5 nitrogen and oxygen atoms in total. The summed E-state index contributed by atoms with van der Waals surface area (Å²) < 4.78 is 5.11. The standard InChI is InChI=1S/C11H15N3O2.ClH/c1-8(2)13-10(14-11(12)15)6-5-9-4-3-7-16-9;/h3-8H,1-2H3,(H3,12,13,14,15);1H/b6-5+;. The van der Waals surface area contributed by atoms with Gasteiger partial charge in [0.2, 0.25) is 0 Å². The van der Waals surface area contributed by atoms with Gasteiger partial charge in [-0.25, -0.2) is 4.79 Å². The van der Waals surface area contributed by atoms with Gasteiger partial charge >= 0.3 is 6.03 Å². The third-order valence-electron chi connectivity index (χ3n) is 1.62. The average Bonchev–Trinajstić information content (AvgIpc) is 2.64. The smallest absolute Gasteiger partial charge is 0.340 e. The Bertz CT molecular complexity index is 397. The van der Waals surface area contributed by atoms with Crippen LogP contribution in [0.2, 0.25) is 0 Å². The molecule has 6 heteroatoms. The van der Waals surface area contributed by atoms with Gasteiger partial charge in [0, 0.05) is 6.04 Å². The van der Waals surface area contributed by atoms with Crippen LogP contribution in [0.4, 0.5) is 4.79 Å². The van der Waals surface area contributed by atoms with E-state index in [1.54, 1.807) is 30.5 Å². The lowest BCUT2D eigenvalue weighted by molar-refractivity contribution is 0.256. The minimum Gasteiger partial charge on any atom is -0.465 e. The number of amidine groups is 1. The molecule has 0 aliphatic heterocycles. The number of nitrogens with one attached hydrogen (secondary N) is 1. The van der Waals surface area contributed by atoms with Crippen molar-refractivity contribution in [2.75, 3.05) is 0 Å². The van der Waals surface area contributed by atoms with E-state index in [4.69, 9.17) is 10.2 Å². The van der Waals surface area contributed by atoms with Gasteiger partial charge < -0.3 is 15.5 Å². The molecule has 1 heterocycles. The first-order valence-electron chi connectivity index (χ1n) is 4.94. The average molecular weight is 258 g/mol. The maximum Gasteiger partial charge on any atom is 0.340 e. The number of rotatable bonds is 3. The second-order valence-electron chi connectivity index (χ2n) is 3.48. The van der Waals surface area contributed by atoms with Crippen LogP contribution < -0.4 is 11.1 Å². The number of hydrogen-bond donors (Lipinski definition) is 2. The Morgan fingerprint density at radius 3 is 2.76 bits per heavy atom. The van der Waals surface area contributed by atoms with Crippen molar-refractivity contribution in [3.63, 3.8) is 0 Å². The number of halogens is 1. The quantitative estimate of drug-likeness (QED) is 0.643. The van der Waals surface area contributed by atoms with Gasteiger partial charge in [-0.15, -0.1) is 12.4 Å². The Hall–Kier alpha value is -1.75. The van der Waals surface area contributed by atoms with Crippen LogP contribution >= 0.6 is 12.4 Å². The van der Waals surface area contributed by atoms with E-state index >= 15 is 0 Å². The van der Waals surface area contributed by atoms with E-state index in [1.165, 1.54) is 0 Å². The summed E-state index contributed by atoms with van der Waals surface area (Å²) in [5, 5.41) is 2.99. The van der Waals surface area contributed by atoms with Crippen molar-refractivity contribution in [2.45, 2.75) is 19.9 Å². The van der Waals surface area contributed by atoms with Gasteiger partial charge in [0.05, 0.1) is 6.26 Å². The number of aliphatic imine (C=N–C) groups is 1. The van der Waals surface area contributed by atoms with Gasteiger partial charge in [0.25, 0.3) is 0 Å². The van der Waals surface area contributed by atoms with Crippen LogP contribution in [-0.2, 0) is 0 Å². The van der Waals surface area contributed by atoms with E-state index in [2.05, 4.69) is 10.3 Å². The van der Waals surface area contributed by atoms with Gasteiger partial charge in [-0.2, -0.15) is 4.99 Å². The number of primary amides is 1. The van der Waals surface area contributed by atoms with Crippen LogP contribution in [0.25, 0.3) is 6.08 Å². The van der Waals surface area contributed by atoms with E-state index in [-0.39, 0.29) is 18.4 Å². The van der Waals surface area contributed by atoms with E-state index in [0.717, 1.165) is 0 Å². The van der Waals surface area contributed by atoms with Crippen LogP contribution in [0.3, 0.4) is 0 Å². The maximum absolute atomic E-state index is 10.7. The summed E-state index contributed by atoms with van der Waals surface area (Å²) in [4.78, 5) is 14.3. The zero-order chi connectivity index (χ0) is 12.0. The molecule has 0 atom stereocenters. The Balaban J connectivity index is 0.00000256. The lowest BCUT2D eigenvalue weighted by Gasteiger charge is -2.08. The lowest BCUT2D eigenvalue weighted by atomic mass is 10.3. The minimum atomic E-state index is -0.729. The molecule has 0 saturated heterocycles. The Morgan fingerprint density at radius 2 is 2.29 bits per heavy atom. The van der Waals surface area contributed by atoms with E-state index in [1.807, 2.05) is 13.8 Å². The summed E-state index contributed by atoms with van der Waals surface area (Å²) in [6, 6.07) is 3.01. The summed E-state index contributed by atoms with van der Waals surface area (Å²) in [5.74, 6) is 1.10. The monoisotopic (exact) mass is 257 g/mol. The highest BCUT2D eigenvalue weighted by molar-refractivity contribution is 6.02. The summed E-state index contributed by atoms with van der Waals surface area (Å²) in [6.45, 7) is 3.88. The molecule has 0 bridgehead atoms. The highest BCUT2D eigenvalue weighted by atomic mass is 35.5. The second kappa shape index (κ2) is 7.51. The fourth-order valence-electron chi connectivity index (χ4n) is 1.08. The van der Waals surface area contributed by atoms with Crippen LogP contribution in [-0.4, -0.2) is 17.9 Å². The molecule has 1 aromatic rings. The predicted octanol–water partition coefficient (Wildman–Crippen LogP) is 2.19. The van der Waals surface area contributed by atoms with Crippen molar-refractivity contribution >= 4 is 30.3 Å². The first kappa shape index (κ1) is 15.2. The molecule has 0 aliphatic rings. The molecule has 1 rings (SSSR count). The minimum absolute atomic E-state index is 0. The maximum atomic E-state index is 10.7. The summed E-state index contributed by atoms with van der Waals surface area (Å²) in [5.41, 5.74) is 4.99. The lowest BCUT2D eigenvalue weighted by Crippen LogP contribution is -2.30.